The van der Waals surface area contributed by atoms with E-state index in [4.69, 9.17) is 4.74 Å². The van der Waals surface area contributed by atoms with Gasteiger partial charge >= 0.3 is 12.4 Å². The third kappa shape index (κ3) is 3.78. The lowest BCUT2D eigenvalue weighted by Crippen LogP contribution is -2.67. The lowest BCUT2D eigenvalue weighted by molar-refractivity contribution is -0.319. The normalized spacial score (nSPS) is 18.0. The molecule has 0 saturated carbocycles. The van der Waals surface area contributed by atoms with E-state index in [1.807, 2.05) is 0 Å². The Kier molecular flexibility index (Phi) is 5.93. The topological polar surface area (TPSA) is 46.6 Å². The van der Waals surface area contributed by atoms with Crippen LogP contribution in [0.2, 0.25) is 0 Å². The largest absolute Gasteiger partial charge is 0.496 e. The molecule has 2 rings (SSSR count). The van der Waals surface area contributed by atoms with Gasteiger partial charge in [0.2, 0.25) is 5.54 Å². The van der Waals surface area contributed by atoms with Crippen molar-refractivity contribution in [2.75, 3.05) is 20.7 Å². The Morgan fingerprint density at radius 1 is 1.14 bits per heavy atom. The minimum absolute atomic E-state index is 0.0686. The Hall–Kier alpha value is -2.36. The Bertz CT molecular complexity index is 783. The number of hydrogen-bond donors (Lipinski definition) is 0. The molecule has 0 saturated heterocycles. The van der Waals surface area contributed by atoms with E-state index in [1.165, 1.54) is 25.3 Å². The predicted octanol–water partition coefficient (Wildman–Crippen LogP) is 3.96. The molecular formula is C18H17F6NO3. The quantitative estimate of drug-likeness (QED) is 0.546. The summed E-state index contributed by atoms with van der Waals surface area (Å²) >= 11 is 0. The molecule has 0 amide bonds. The first kappa shape index (κ1) is 21.9. The molecule has 28 heavy (non-hydrogen) atoms. The van der Waals surface area contributed by atoms with Gasteiger partial charge < -0.3 is 4.74 Å². The smallest absolute Gasteiger partial charge is 0.419 e. The van der Waals surface area contributed by atoms with Crippen molar-refractivity contribution < 1.29 is 40.7 Å². The van der Waals surface area contributed by atoms with Crippen LogP contribution in [0.1, 0.15) is 23.2 Å². The molecular weight excluding hydrogens is 392 g/mol. The third-order valence-corrected chi connectivity index (χ3v) is 4.62. The summed E-state index contributed by atoms with van der Waals surface area (Å²) < 4.78 is 85.4. The molecule has 1 aliphatic heterocycles. The maximum atomic E-state index is 13.4. The number of carbonyl (C=O) groups is 2. The minimum Gasteiger partial charge on any atom is -0.496 e. The van der Waals surface area contributed by atoms with Crippen molar-refractivity contribution in [3.8, 4) is 5.75 Å². The van der Waals surface area contributed by atoms with E-state index in [0.717, 1.165) is 0 Å². The molecule has 0 unspecified atom stereocenters. The Balaban J connectivity index is 2.36. The monoisotopic (exact) mass is 409 g/mol. The van der Waals surface area contributed by atoms with Crippen molar-refractivity contribution in [3.05, 3.63) is 41.5 Å². The average molecular weight is 409 g/mol. The Labute approximate surface area is 156 Å². The van der Waals surface area contributed by atoms with Gasteiger partial charge in [0.1, 0.15) is 5.75 Å². The second-order valence-corrected chi connectivity index (χ2v) is 6.33. The number of benzene rings is 1. The first-order valence-corrected chi connectivity index (χ1v) is 8.11. The molecule has 4 nitrogen and oxygen atoms in total. The summed E-state index contributed by atoms with van der Waals surface area (Å²) in [7, 11) is 1.91. The van der Waals surface area contributed by atoms with Crippen molar-refractivity contribution in [3.63, 3.8) is 0 Å². The summed E-state index contributed by atoms with van der Waals surface area (Å²) in [6.45, 7) is -1.06. The predicted molar refractivity (Wildman–Crippen MR) is 87.1 cm³/mol. The number of methoxy groups -OCH3 is 1. The van der Waals surface area contributed by atoms with Gasteiger partial charge in [0.15, 0.2) is 11.6 Å². The van der Waals surface area contributed by atoms with Crippen molar-refractivity contribution in [2.45, 2.75) is 30.7 Å². The maximum Gasteiger partial charge on any atom is 0.419 e. The molecule has 0 spiro atoms. The molecule has 1 aliphatic rings. The Morgan fingerprint density at radius 2 is 1.71 bits per heavy atom. The number of nitrogens with zero attached hydrogens (tertiary/aromatic N) is 1. The summed E-state index contributed by atoms with van der Waals surface area (Å²) in [5, 5.41) is 0. The fraction of sp³-hybridized carbons (Fsp3) is 0.444. The number of halogens is 6. The number of para-hydroxylation sites is 1. The Morgan fingerprint density at radius 3 is 2.25 bits per heavy atom. The summed E-state index contributed by atoms with van der Waals surface area (Å²) in [5.41, 5.74) is -4.82. The van der Waals surface area contributed by atoms with E-state index >= 15 is 0 Å². The SMILES string of the molecule is COc1ccccc1C(=O)CCC1=CC(C(F)(F)F)(C(F)(F)F)N(C)CC1=O. The lowest BCUT2D eigenvalue weighted by atomic mass is 9.85. The van der Waals surface area contributed by atoms with E-state index in [-0.39, 0.29) is 22.3 Å². The molecule has 0 N–H and O–H groups in total. The van der Waals surface area contributed by atoms with Crippen molar-refractivity contribution in [1.29, 1.82) is 0 Å². The fourth-order valence-electron chi connectivity index (χ4n) is 3.11. The molecule has 0 aliphatic carbocycles. The van der Waals surface area contributed by atoms with Gasteiger partial charge in [-0.2, -0.15) is 26.3 Å². The fourth-order valence-corrected chi connectivity index (χ4v) is 3.11. The highest BCUT2D eigenvalue weighted by molar-refractivity contribution is 6.01. The maximum absolute atomic E-state index is 13.4. The van der Waals surface area contributed by atoms with Gasteiger partial charge in [-0.15, -0.1) is 0 Å². The van der Waals surface area contributed by atoms with Gasteiger partial charge in [-0.25, -0.2) is 0 Å². The number of hydrogen-bond acceptors (Lipinski definition) is 4. The zero-order valence-electron chi connectivity index (χ0n) is 14.9. The van der Waals surface area contributed by atoms with Gasteiger partial charge in [-0.05, 0) is 37.3 Å². The molecule has 1 aromatic carbocycles. The van der Waals surface area contributed by atoms with Crippen LogP contribution < -0.4 is 4.74 Å². The molecule has 0 atom stereocenters. The first-order chi connectivity index (χ1) is 12.8. The number of likely N-dealkylation sites (N-methyl/N-ethyl adjacent to an activating group) is 1. The van der Waals surface area contributed by atoms with Crippen molar-refractivity contribution in [1.82, 2.24) is 4.90 Å². The van der Waals surface area contributed by atoms with Crippen LogP contribution in [0.15, 0.2) is 35.9 Å². The van der Waals surface area contributed by atoms with Gasteiger partial charge in [0.25, 0.3) is 0 Å². The third-order valence-electron chi connectivity index (χ3n) is 4.62. The van der Waals surface area contributed by atoms with Crippen LogP contribution in [0, 0.1) is 0 Å². The van der Waals surface area contributed by atoms with Gasteiger partial charge in [-0.3, -0.25) is 14.5 Å². The van der Waals surface area contributed by atoms with E-state index in [1.54, 1.807) is 6.07 Å². The summed E-state index contributed by atoms with van der Waals surface area (Å²) in [4.78, 5) is 24.3. The average Bonchev–Trinajstić information content (AvgIpc) is 2.58. The van der Waals surface area contributed by atoms with E-state index < -0.39 is 54.4 Å². The van der Waals surface area contributed by atoms with Crippen LogP contribution in [0.5, 0.6) is 5.75 Å². The number of ether oxygens (including phenoxy) is 1. The molecule has 154 valence electrons. The van der Waals surface area contributed by atoms with Crippen LogP contribution in [0.4, 0.5) is 26.3 Å². The molecule has 0 aromatic heterocycles. The zero-order valence-corrected chi connectivity index (χ0v) is 14.9. The zero-order chi connectivity index (χ0) is 21.3. The van der Waals surface area contributed by atoms with Crippen LogP contribution in [0.25, 0.3) is 0 Å². The van der Waals surface area contributed by atoms with E-state index in [2.05, 4.69) is 0 Å². The molecule has 0 radical (unpaired) electrons. The highest BCUT2D eigenvalue weighted by Gasteiger charge is 2.73. The van der Waals surface area contributed by atoms with Crippen LogP contribution in [-0.4, -0.2) is 55.1 Å². The van der Waals surface area contributed by atoms with Crippen LogP contribution in [0.3, 0.4) is 0 Å². The highest BCUT2D eigenvalue weighted by atomic mass is 19.4. The molecule has 1 heterocycles. The lowest BCUT2D eigenvalue weighted by Gasteiger charge is -2.44. The van der Waals surface area contributed by atoms with Gasteiger partial charge in [0.05, 0.1) is 19.2 Å². The molecule has 1 aromatic rings. The van der Waals surface area contributed by atoms with Gasteiger partial charge in [0, 0.05) is 6.42 Å². The number of Topliss-reactive ketones (excluding diaryl/α,β-unsaturated/α-hetero) is 2. The van der Waals surface area contributed by atoms with E-state index in [9.17, 15) is 35.9 Å². The first-order valence-electron chi connectivity index (χ1n) is 8.11. The summed E-state index contributed by atoms with van der Waals surface area (Å²) in [5.74, 6) is -1.23. The van der Waals surface area contributed by atoms with E-state index in [0.29, 0.717) is 7.05 Å². The number of rotatable bonds is 5. The minimum atomic E-state index is -5.70. The second-order valence-electron chi connectivity index (χ2n) is 6.33. The van der Waals surface area contributed by atoms with Crippen molar-refractivity contribution in [2.24, 2.45) is 0 Å². The number of ketones is 2. The number of carbonyl (C=O) groups excluding carboxylic acids is 2. The standard InChI is InChI=1S/C18H17F6NO3/c1-25-10-14(27)11(9-16(25,17(19,20)21)18(22,23)24)7-8-13(26)12-5-3-4-6-15(12)28-2/h3-6,9H,7-8,10H2,1-2H3. The van der Waals surface area contributed by atoms with Crippen LogP contribution in [-0.2, 0) is 4.79 Å². The summed E-state index contributed by atoms with van der Waals surface area (Å²) in [6, 6.07) is 6.04. The second kappa shape index (κ2) is 7.57. The molecule has 0 fully saturated rings. The number of alkyl halides is 6. The molecule has 0 bridgehead atoms. The van der Waals surface area contributed by atoms with Gasteiger partial charge in [-0.1, -0.05) is 12.1 Å². The highest BCUT2D eigenvalue weighted by Crippen LogP contribution is 2.49. The molecule has 10 heteroatoms. The van der Waals surface area contributed by atoms with Crippen LogP contribution >= 0.6 is 0 Å². The van der Waals surface area contributed by atoms with Crippen molar-refractivity contribution >= 4 is 11.6 Å². The summed E-state index contributed by atoms with van der Waals surface area (Å²) in [6.07, 6.45) is -12.5.